The third kappa shape index (κ3) is 7.01. The molecule has 165 valence electrons. The molecule has 1 aliphatic heterocycles. The van der Waals surface area contributed by atoms with Crippen LogP contribution in [0.25, 0.3) is 0 Å². The fourth-order valence-electron chi connectivity index (χ4n) is 3.98. The fraction of sp³-hybridized carbons (Fsp3) is 0.739. The van der Waals surface area contributed by atoms with Gasteiger partial charge in [-0.15, -0.1) is 0 Å². The molecule has 1 aliphatic rings. The molecule has 1 fully saturated rings. The van der Waals surface area contributed by atoms with Crippen LogP contribution in [0, 0.1) is 0 Å². The summed E-state index contributed by atoms with van der Waals surface area (Å²) in [6, 6.07) is 6.74. The lowest BCUT2D eigenvalue weighted by molar-refractivity contribution is -0.893. The molecule has 2 N–H and O–H groups in total. The first kappa shape index (κ1) is 26.5. The average Bonchev–Trinajstić information content (AvgIpc) is 3.01. The Kier molecular flexibility index (Phi) is 8.54. The van der Waals surface area contributed by atoms with E-state index in [0.29, 0.717) is 12.0 Å². The lowest BCUT2D eigenvalue weighted by atomic mass is 9.86. The molecular weight excluding hydrogens is 410 g/mol. The number of benzene rings is 1. The molecule has 0 aliphatic carbocycles. The molecular formula is C23H43ClN3Si2. The minimum atomic E-state index is -1.11. The molecule has 29 heavy (non-hydrogen) atoms. The highest BCUT2D eigenvalue weighted by Gasteiger charge is 2.33. The maximum atomic E-state index is 6.75. The smallest absolute Gasteiger partial charge is 0.108 e. The van der Waals surface area contributed by atoms with E-state index in [9.17, 15) is 0 Å². The van der Waals surface area contributed by atoms with Crippen molar-refractivity contribution >= 4 is 29.7 Å². The summed E-state index contributed by atoms with van der Waals surface area (Å²) < 4.78 is 1.03. The van der Waals surface area contributed by atoms with Gasteiger partial charge >= 0.3 is 0 Å². The second-order valence-electron chi connectivity index (χ2n) is 11.6. The van der Waals surface area contributed by atoms with Gasteiger partial charge in [0.1, 0.15) is 6.04 Å². The van der Waals surface area contributed by atoms with Crippen molar-refractivity contribution in [3.05, 3.63) is 23.3 Å². The first-order valence-electron chi connectivity index (χ1n) is 10.8. The van der Waals surface area contributed by atoms with Gasteiger partial charge < -0.3 is 27.5 Å². The van der Waals surface area contributed by atoms with Gasteiger partial charge in [0.15, 0.2) is 0 Å². The SMILES string of the molecule is CC(c1cc(N2CCC([N+](C)(C)C)C2)cc(CC[Si](C)(C)C)c1N)C(C)(C)[Si].[Cl-]. The number of aryl methyl sites for hydroxylation is 1. The Labute approximate surface area is 190 Å². The number of nitrogens with zero attached hydrogens (tertiary/aromatic N) is 2. The van der Waals surface area contributed by atoms with E-state index in [-0.39, 0.29) is 17.4 Å². The van der Waals surface area contributed by atoms with Gasteiger partial charge in [-0.25, -0.2) is 0 Å². The van der Waals surface area contributed by atoms with Crippen LogP contribution in [0.5, 0.6) is 0 Å². The summed E-state index contributed by atoms with van der Waals surface area (Å²) in [6.07, 6.45) is 2.36. The lowest BCUT2D eigenvalue weighted by Gasteiger charge is -2.33. The van der Waals surface area contributed by atoms with Gasteiger partial charge in [-0.2, -0.15) is 0 Å². The van der Waals surface area contributed by atoms with E-state index in [1.54, 1.807) is 0 Å². The maximum Gasteiger partial charge on any atom is 0.108 e. The van der Waals surface area contributed by atoms with Crippen LogP contribution in [0.15, 0.2) is 12.1 Å². The second kappa shape index (κ2) is 9.33. The average molecular weight is 453 g/mol. The zero-order valence-corrected chi connectivity index (χ0v) is 23.0. The van der Waals surface area contributed by atoms with Crippen molar-refractivity contribution in [3.63, 3.8) is 0 Å². The topological polar surface area (TPSA) is 29.3 Å². The summed E-state index contributed by atoms with van der Waals surface area (Å²) in [5, 5.41) is 0.0125. The normalized spacial score (nSPS) is 19.2. The maximum absolute atomic E-state index is 6.75. The molecule has 2 atom stereocenters. The van der Waals surface area contributed by atoms with Crippen LogP contribution in [0.4, 0.5) is 11.4 Å². The Morgan fingerprint density at radius 1 is 1.24 bits per heavy atom. The van der Waals surface area contributed by atoms with E-state index in [1.807, 2.05) is 0 Å². The number of nitrogen functional groups attached to an aromatic ring is 1. The Hall–Kier alpha value is -0.496. The van der Waals surface area contributed by atoms with E-state index in [0.717, 1.165) is 29.7 Å². The predicted molar refractivity (Wildman–Crippen MR) is 130 cm³/mol. The van der Waals surface area contributed by atoms with Gasteiger partial charge in [0.25, 0.3) is 0 Å². The second-order valence-corrected chi connectivity index (χ2v) is 18.5. The van der Waals surface area contributed by atoms with Crippen LogP contribution in [0.2, 0.25) is 30.7 Å². The van der Waals surface area contributed by atoms with Gasteiger partial charge in [-0.3, -0.25) is 0 Å². The van der Waals surface area contributed by atoms with Crippen molar-refractivity contribution in [3.8, 4) is 0 Å². The molecule has 1 saturated heterocycles. The molecule has 0 bridgehead atoms. The zero-order valence-electron chi connectivity index (χ0n) is 20.2. The summed E-state index contributed by atoms with van der Waals surface area (Å²) in [7, 11) is 9.79. The van der Waals surface area contributed by atoms with Crippen molar-refractivity contribution in [2.45, 2.75) is 76.3 Å². The van der Waals surface area contributed by atoms with Crippen LogP contribution in [0.1, 0.15) is 44.2 Å². The lowest BCUT2D eigenvalue weighted by Crippen LogP contribution is -3.00. The molecule has 2 rings (SSSR count). The predicted octanol–water partition coefficient (Wildman–Crippen LogP) is 1.91. The van der Waals surface area contributed by atoms with E-state index in [4.69, 9.17) is 5.73 Å². The van der Waals surface area contributed by atoms with Crippen LogP contribution >= 0.6 is 0 Å². The highest BCUT2D eigenvalue weighted by atomic mass is 35.5. The summed E-state index contributed by atoms with van der Waals surface area (Å²) in [4.78, 5) is 2.59. The Balaban J connectivity index is 0.00000420. The highest BCUT2D eigenvalue weighted by molar-refractivity contribution is 6.76. The van der Waals surface area contributed by atoms with Crippen molar-refractivity contribution < 1.29 is 16.9 Å². The number of hydrogen-bond acceptors (Lipinski definition) is 2. The third-order valence-corrected chi connectivity index (χ3v) is 8.78. The zero-order chi connectivity index (χ0) is 21.5. The number of likely N-dealkylation sites (N-methyl/N-ethyl adjacent to an activating group) is 1. The number of nitrogens with two attached hydrogens (primary N) is 1. The Morgan fingerprint density at radius 3 is 2.28 bits per heavy atom. The number of anilines is 2. The van der Waals surface area contributed by atoms with Crippen LogP contribution < -0.4 is 23.0 Å². The molecule has 0 aromatic heterocycles. The van der Waals surface area contributed by atoms with E-state index >= 15 is 0 Å². The molecule has 0 saturated carbocycles. The molecule has 3 radical (unpaired) electrons. The largest absolute Gasteiger partial charge is 1.00 e. The van der Waals surface area contributed by atoms with Gasteiger partial charge in [-0.05, 0) is 40.6 Å². The van der Waals surface area contributed by atoms with E-state index in [2.05, 4.69) is 88.8 Å². The van der Waals surface area contributed by atoms with Gasteiger partial charge in [0, 0.05) is 42.7 Å². The summed E-state index contributed by atoms with van der Waals surface area (Å²) >= 11 is 0. The van der Waals surface area contributed by atoms with Crippen LogP contribution in [-0.4, -0.2) is 63.1 Å². The minimum Gasteiger partial charge on any atom is -1.00 e. The number of rotatable bonds is 7. The van der Waals surface area contributed by atoms with E-state index < -0.39 is 8.07 Å². The summed E-state index contributed by atoms with van der Waals surface area (Å²) in [6.45, 7) is 16.4. The number of hydrogen-bond donors (Lipinski definition) is 1. The van der Waals surface area contributed by atoms with Crippen molar-refractivity contribution in [1.82, 2.24) is 0 Å². The van der Waals surface area contributed by atoms with Crippen molar-refractivity contribution in [2.75, 3.05) is 44.9 Å². The Morgan fingerprint density at radius 2 is 1.83 bits per heavy atom. The van der Waals surface area contributed by atoms with Gasteiger partial charge in [0.05, 0.1) is 27.7 Å². The fourth-order valence-corrected chi connectivity index (χ4v) is 5.15. The quantitative estimate of drug-likeness (QED) is 0.389. The monoisotopic (exact) mass is 452 g/mol. The Bertz CT molecular complexity index is 687. The molecule has 0 amide bonds. The first-order valence-corrected chi connectivity index (χ1v) is 15.0. The van der Waals surface area contributed by atoms with Crippen LogP contribution in [0.3, 0.4) is 0 Å². The standard InChI is InChI=1S/C23H43N3Si2.ClH/c1-17(23(2,3)27)21-15-19(25-12-10-20(16-25)26(4,5)6)14-18(22(21)24)11-13-28(7,8)9;/h14-15,17,20H,10-13,16,24H2,1-9H3;1H/q+1;/p-1. The summed E-state index contributed by atoms with van der Waals surface area (Å²) in [5.74, 6) is 0.353. The van der Waals surface area contributed by atoms with Crippen LogP contribution in [-0.2, 0) is 6.42 Å². The highest BCUT2D eigenvalue weighted by Crippen LogP contribution is 2.43. The number of halogens is 1. The molecule has 1 heterocycles. The summed E-state index contributed by atoms with van der Waals surface area (Å²) in [5.41, 5.74) is 11.8. The molecule has 0 spiro atoms. The first-order chi connectivity index (χ1) is 12.6. The van der Waals surface area contributed by atoms with E-state index in [1.165, 1.54) is 29.3 Å². The minimum absolute atomic E-state index is 0. The molecule has 2 unspecified atom stereocenters. The molecule has 1 aromatic rings. The molecule has 3 nitrogen and oxygen atoms in total. The van der Waals surface area contributed by atoms with Gasteiger partial charge in [0.2, 0.25) is 0 Å². The van der Waals surface area contributed by atoms with Crippen molar-refractivity contribution in [1.29, 1.82) is 0 Å². The van der Waals surface area contributed by atoms with Crippen molar-refractivity contribution in [2.24, 2.45) is 0 Å². The molecule has 6 heteroatoms. The van der Waals surface area contributed by atoms with Gasteiger partial charge in [-0.1, -0.05) is 46.5 Å². The number of quaternary nitrogens is 1. The third-order valence-electron chi connectivity index (χ3n) is 6.60. The molecule has 1 aromatic carbocycles.